The first-order valence-corrected chi connectivity index (χ1v) is 12.4. The summed E-state index contributed by atoms with van der Waals surface area (Å²) in [6.07, 6.45) is 2.36. The van der Waals surface area contributed by atoms with Gasteiger partial charge in [0.2, 0.25) is 17.7 Å². The fourth-order valence-electron chi connectivity index (χ4n) is 5.82. The molecule has 4 rings (SSSR count). The Balaban J connectivity index is 1.72. The van der Waals surface area contributed by atoms with Gasteiger partial charge in [0.05, 0.1) is 29.2 Å². The largest absolute Gasteiger partial charge is 0.394 e. The minimum atomic E-state index is -0.722. The lowest BCUT2D eigenvalue weighted by Crippen LogP contribution is -2.54. The molecule has 1 aromatic rings. The summed E-state index contributed by atoms with van der Waals surface area (Å²) in [6, 6.07) is 4.61. The zero-order valence-corrected chi connectivity index (χ0v) is 20.0. The third kappa shape index (κ3) is 3.43. The lowest BCUT2D eigenvalue weighted by atomic mass is 9.70. The van der Waals surface area contributed by atoms with E-state index in [-0.39, 0.29) is 29.6 Å². The maximum atomic E-state index is 13.8. The number of benzene rings is 1. The summed E-state index contributed by atoms with van der Waals surface area (Å²) in [5.41, 5.74) is 2.67. The molecular weight excluding hydrogens is 426 g/mol. The number of carbonyl (C=O) groups is 3. The van der Waals surface area contributed by atoms with Gasteiger partial charge in [-0.15, -0.1) is 11.8 Å². The van der Waals surface area contributed by atoms with Crippen molar-refractivity contribution in [3.05, 3.63) is 29.3 Å². The van der Waals surface area contributed by atoms with Crippen LogP contribution >= 0.6 is 11.8 Å². The van der Waals surface area contributed by atoms with Gasteiger partial charge in [0.25, 0.3) is 0 Å². The van der Waals surface area contributed by atoms with E-state index in [1.54, 1.807) is 23.6 Å². The monoisotopic (exact) mass is 459 g/mol. The molecule has 0 radical (unpaired) electrons. The minimum Gasteiger partial charge on any atom is -0.394 e. The average Bonchev–Trinajstić information content (AvgIpc) is 3.41. The summed E-state index contributed by atoms with van der Waals surface area (Å²) in [6.45, 7) is 7.99. The number of anilines is 1. The molecule has 1 aromatic carbocycles. The second-order valence-corrected chi connectivity index (χ2v) is 11.0. The number of fused-ring (bicyclic) bond motifs is 1. The van der Waals surface area contributed by atoms with Crippen LogP contribution in [0.25, 0.3) is 0 Å². The molecule has 2 bridgehead atoms. The van der Waals surface area contributed by atoms with Gasteiger partial charge in [0, 0.05) is 17.5 Å². The molecule has 8 heteroatoms. The topological polar surface area (TPSA) is 98.7 Å². The number of hydrogen-bond acceptors (Lipinski definition) is 5. The van der Waals surface area contributed by atoms with E-state index in [0.29, 0.717) is 6.54 Å². The number of aliphatic hydroxyl groups is 1. The van der Waals surface area contributed by atoms with E-state index in [0.717, 1.165) is 36.1 Å². The van der Waals surface area contributed by atoms with Crippen molar-refractivity contribution in [1.29, 1.82) is 0 Å². The zero-order valence-electron chi connectivity index (χ0n) is 19.2. The molecule has 174 valence electrons. The molecule has 3 aliphatic rings. The van der Waals surface area contributed by atoms with Crippen LogP contribution in [0.1, 0.15) is 44.2 Å². The van der Waals surface area contributed by atoms with Gasteiger partial charge >= 0.3 is 0 Å². The number of nitrogens with zero attached hydrogens (tertiary/aromatic N) is 1. The van der Waals surface area contributed by atoms with Crippen molar-refractivity contribution < 1.29 is 19.5 Å². The maximum Gasteiger partial charge on any atom is 0.248 e. The first-order chi connectivity index (χ1) is 15.3. The molecule has 0 aromatic heterocycles. The smallest absolute Gasteiger partial charge is 0.248 e. The SMILES string of the molecule is CCCNC(=O)[C@@H]1[C@@H]2CCC3(S2)C(C(=O)Nc2c(C)cccc2C)N([C@H](C)CO)C(=O)[C@H]13. The molecule has 1 spiro atoms. The van der Waals surface area contributed by atoms with Crippen molar-refractivity contribution in [1.82, 2.24) is 10.2 Å². The van der Waals surface area contributed by atoms with E-state index in [1.807, 2.05) is 39.0 Å². The third-order valence-corrected chi connectivity index (χ3v) is 9.26. The highest BCUT2D eigenvalue weighted by Gasteiger charge is 2.74. The number of aliphatic hydroxyl groups excluding tert-OH is 1. The number of hydrogen-bond donors (Lipinski definition) is 3. The van der Waals surface area contributed by atoms with Crippen LogP contribution in [0.5, 0.6) is 0 Å². The van der Waals surface area contributed by atoms with Gasteiger partial charge in [-0.1, -0.05) is 25.1 Å². The summed E-state index contributed by atoms with van der Waals surface area (Å²) >= 11 is 1.64. The summed E-state index contributed by atoms with van der Waals surface area (Å²) in [5.74, 6) is -1.47. The highest BCUT2D eigenvalue weighted by Crippen LogP contribution is 2.66. The molecule has 3 fully saturated rings. The van der Waals surface area contributed by atoms with Crippen LogP contribution in [0, 0.1) is 25.7 Å². The molecule has 3 heterocycles. The summed E-state index contributed by atoms with van der Waals surface area (Å²) < 4.78 is -0.639. The fourth-order valence-corrected chi connectivity index (χ4v) is 8.03. The van der Waals surface area contributed by atoms with Gasteiger partial charge in [-0.25, -0.2) is 0 Å². The lowest BCUT2D eigenvalue weighted by molar-refractivity contribution is -0.141. The summed E-state index contributed by atoms with van der Waals surface area (Å²) in [5, 5.41) is 16.0. The lowest BCUT2D eigenvalue weighted by Gasteiger charge is -2.36. The molecule has 7 nitrogen and oxygen atoms in total. The van der Waals surface area contributed by atoms with E-state index < -0.39 is 28.7 Å². The Kier molecular flexibility index (Phi) is 6.29. The Morgan fingerprint density at radius 2 is 1.97 bits per heavy atom. The van der Waals surface area contributed by atoms with Crippen LogP contribution in [0.4, 0.5) is 5.69 Å². The van der Waals surface area contributed by atoms with E-state index in [2.05, 4.69) is 10.6 Å². The van der Waals surface area contributed by atoms with Crippen LogP contribution < -0.4 is 10.6 Å². The van der Waals surface area contributed by atoms with E-state index >= 15 is 0 Å². The zero-order chi connectivity index (χ0) is 23.2. The maximum absolute atomic E-state index is 13.8. The molecule has 3 saturated heterocycles. The molecule has 2 unspecified atom stereocenters. The normalized spacial score (nSPS) is 31.5. The second kappa shape index (κ2) is 8.71. The number of thioether (sulfide) groups is 1. The number of amides is 3. The van der Waals surface area contributed by atoms with Crippen LogP contribution in [0.15, 0.2) is 18.2 Å². The highest BCUT2D eigenvalue weighted by molar-refractivity contribution is 8.02. The van der Waals surface area contributed by atoms with E-state index in [9.17, 15) is 19.5 Å². The van der Waals surface area contributed by atoms with Crippen molar-refractivity contribution in [2.75, 3.05) is 18.5 Å². The molecule has 3 aliphatic heterocycles. The van der Waals surface area contributed by atoms with Gasteiger partial charge in [0.15, 0.2) is 0 Å². The Morgan fingerprint density at radius 1 is 1.28 bits per heavy atom. The average molecular weight is 460 g/mol. The third-order valence-electron chi connectivity index (χ3n) is 7.31. The van der Waals surface area contributed by atoms with Gasteiger partial charge in [0.1, 0.15) is 6.04 Å². The minimum absolute atomic E-state index is 0.0443. The van der Waals surface area contributed by atoms with Crippen molar-refractivity contribution in [3.63, 3.8) is 0 Å². The summed E-state index contributed by atoms with van der Waals surface area (Å²) in [7, 11) is 0. The van der Waals surface area contributed by atoms with Crippen molar-refractivity contribution >= 4 is 35.2 Å². The van der Waals surface area contributed by atoms with Gasteiger partial charge in [-0.2, -0.15) is 0 Å². The number of aryl methyl sites for hydroxylation is 2. The number of carbonyl (C=O) groups excluding carboxylic acids is 3. The van der Waals surface area contributed by atoms with Gasteiger partial charge in [-0.05, 0) is 51.2 Å². The number of para-hydroxylation sites is 1. The number of likely N-dealkylation sites (tertiary alicyclic amines) is 1. The van der Waals surface area contributed by atoms with Crippen LogP contribution in [0.3, 0.4) is 0 Å². The predicted molar refractivity (Wildman–Crippen MR) is 125 cm³/mol. The molecule has 3 N–H and O–H groups in total. The molecule has 0 saturated carbocycles. The first-order valence-electron chi connectivity index (χ1n) is 11.5. The Bertz CT molecular complexity index is 918. The predicted octanol–water partition coefficient (Wildman–Crippen LogP) is 2.24. The molecule has 32 heavy (non-hydrogen) atoms. The van der Waals surface area contributed by atoms with Gasteiger partial charge in [-0.3, -0.25) is 14.4 Å². The Morgan fingerprint density at radius 3 is 2.59 bits per heavy atom. The Labute approximate surface area is 193 Å². The van der Waals surface area contributed by atoms with Crippen molar-refractivity contribution in [2.45, 2.75) is 69.0 Å². The van der Waals surface area contributed by atoms with Crippen molar-refractivity contribution in [3.8, 4) is 0 Å². The van der Waals surface area contributed by atoms with E-state index in [1.165, 1.54) is 0 Å². The molecule has 0 aliphatic carbocycles. The standard InChI is InChI=1S/C24H33N3O4S/c1-5-11-25-21(29)17-16-9-10-24(32-16)18(17)23(31)27(15(4)12-28)20(24)22(30)26-19-13(2)7-6-8-14(19)3/h6-8,15-18,20,28H,5,9-12H2,1-4H3,(H,25,29)(H,26,30)/t15-,16+,17-,18+,20?,24?/m1/s1. The Hall–Kier alpha value is -2.06. The molecule has 3 amide bonds. The van der Waals surface area contributed by atoms with Crippen molar-refractivity contribution in [2.24, 2.45) is 11.8 Å². The quantitative estimate of drug-likeness (QED) is 0.581. The first kappa shape index (κ1) is 23.1. The number of rotatable bonds is 7. The second-order valence-electron chi connectivity index (χ2n) is 9.38. The molecule has 6 atom stereocenters. The van der Waals surface area contributed by atoms with Crippen LogP contribution in [-0.4, -0.2) is 63.0 Å². The van der Waals surface area contributed by atoms with Crippen LogP contribution in [0.2, 0.25) is 0 Å². The fraction of sp³-hybridized carbons (Fsp3) is 0.625. The van der Waals surface area contributed by atoms with Crippen LogP contribution in [-0.2, 0) is 14.4 Å². The highest BCUT2D eigenvalue weighted by atomic mass is 32.2. The molecular formula is C24H33N3O4S. The summed E-state index contributed by atoms with van der Waals surface area (Å²) in [4.78, 5) is 42.1. The van der Waals surface area contributed by atoms with Gasteiger partial charge < -0.3 is 20.6 Å². The van der Waals surface area contributed by atoms with E-state index in [4.69, 9.17) is 0 Å². The number of nitrogens with one attached hydrogen (secondary N) is 2.